The SMILES string of the molecule is CC1(C(=O)OC2CCCCC2(C)C(=O)NC2CCCNC(=O)C2)CCCCC1O. The topological polar surface area (TPSA) is 105 Å². The van der Waals surface area contributed by atoms with Gasteiger partial charge in [-0.25, -0.2) is 0 Å². The molecule has 3 N–H and O–H groups in total. The molecule has 3 rings (SSSR count). The lowest BCUT2D eigenvalue weighted by molar-refractivity contribution is -0.181. The Bertz CT molecular complexity index is 639. The van der Waals surface area contributed by atoms with Gasteiger partial charge in [-0.05, 0) is 58.8 Å². The molecule has 3 aliphatic rings. The summed E-state index contributed by atoms with van der Waals surface area (Å²) < 4.78 is 5.94. The van der Waals surface area contributed by atoms with Crippen LogP contribution in [0.2, 0.25) is 0 Å². The molecule has 1 heterocycles. The van der Waals surface area contributed by atoms with Crippen LogP contribution in [-0.2, 0) is 19.1 Å². The monoisotopic (exact) mass is 408 g/mol. The number of rotatable bonds is 4. The fraction of sp³-hybridized carbons (Fsp3) is 0.864. The number of nitrogens with one attached hydrogen (secondary N) is 2. The van der Waals surface area contributed by atoms with Crippen LogP contribution in [0.15, 0.2) is 0 Å². The number of aliphatic hydroxyl groups excluding tert-OH is 1. The van der Waals surface area contributed by atoms with Crippen molar-refractivity contribution in [1.29, 1.82) is 0 Å². The Hall–Kier alpha value is -1.63. The molecular weight excluding hydrogens is 372 g/mol. The highest BCUT2D eigenvalue weighted by Crippen LogP contribution is 2.42. The Balaban J connectivity index is 1.69. The van der Waals surface area contributed by atoms with Gasteiger partial charge in [0.2, 0.25) is 11.8 Å². The summed E-state index contributed by atoms with van der Waals surface area (Å²) in [5.74, 6) is -0.558. The Morgan fingerprint density at radius 2 is 1.72 bits per heavy atom. The lowest BCUT2D eigenvalue weighted by atomic mass is 9.71. The third-order valence-corrected chi connectivity index (χ3v) is 7.34. The van der Waals surface area contributed by atoms with E-state index in [9.17, 15) is 19.5 Å². The van der Waals surface area contributed by atoms with Crippen molar-refractivity contribution < 1.29 is 24.2 Å². The van der Waals surface area contributed by atoms with Gasteiger partial charge in [-0.3, -0.25) is 14.4 Å². The largest absolute Gasteiger partial charge is 0.461 e. The zero-order valence-corrected chi connectivity index (χ0v) is 17.8. The van der Waals surface area contributed by atoms with Crippen LogP contribution < -0.4 is 10.6 Å². The summed E-state index contributed by atoms with van der Waals surface area (Å²) >= 11 is 0. The summed E-state index contributed by atoms with van der Waals surface area (Å²) in [5.41, 5.74) is -1.71. The molecule has 7 nitrogen and oxygen atoms in total. The molecule has 164 valence electrons. The maximum Gasteiger partial charge on any atom is 0.314 e. The van der Waals surface area contributed by atoms with Gasteiger partial charge < -0.3 is 20.5 Å². The van der Waals surface area contributed by atoms with Gasteiger partial charge in [0.05, 0.1) is 16.9 Å². The number of amides is 2. The summed E-state index contributed by atoms with van der Waals surface area (Å²) in [6.45, 7) is 4.29. The Kier molecular flexibility index (Phi) is 6.87. The number of carbonyl (C=O) groups is 3. The molecule has 2 aliphatic carbocycles. The molecule has 0 aromatic carbocycles. The number of esters is 1. The minimum atomic E-state index is -0.896. The van der Waals surface area contributed by atoms with E-state index in [-0.39, 0.29) is 30.2 Å². The average molecular weight is 409 g/mol. The van der Waals surface area contributed by atoms with E-state index in [0.717, 1.165) is 38.5 Å². The van der Waals surface area contributed by atoms with Gasteiger partial charge in [-0.1, -0.05) is 19.3 Å². The molecule has 0 spiro atoms. The van der Waals surface area contributed by atoms with Gasteiger partial charge >= 0.3 is 5.97 Å². The predicted molar refractivity (Wildman–Crippen MR) is 108 cm³/mol. The fourth-order valence-corrected chi connectivity index (χ4v) is 5.02. The first-order chi connectivity index (χ1) is 13.8. The smallest absolute Gasteiger partial charge is 0.314 e. The molecule has 5 unspecified atom stereocenters. The van der Waals surface area contributed by atoms with E-state index >= 15 is 0 Å². The van der Waals surface area contributed by atoms with Crippen molar-refractivity contribution in [2.75, 3.05) is 6.54 Å². The first-order valence-electron chi connectivity index (χ1n) is 11.2. The van der Waals surface area contributed by atoms with Gasteiger partial charge in [0.1, 0.15) is 6.10 Å². The van der Waals surface area contributed by atoms with Gasteiger partial charge in [0.25, 0.3) is 0 Å². The highest BCUT2D eigenvalue weighted by Gasteiger charge is 2.50. The van der Waals surface area contributed by atoms with Gasteiger partial charge in [0, 0.05) is 19.0 Å². The van der Waals surface area contributed by atoms with E-state index in [0.29, 0.717) is 32.2 Å². The van der Waals surface area contributed by atoms with Crippen LogP contribution >= 0.6 is 0 Å². The summed E-state index contributed by atoms with van der Waals surface area (Å²) in [6.07, 6.45) is 6.82. The summed E-state index contributed by atoms with van der Waals surface area (Å²) in [5, 5.41) is 16.3. The first kappa shape index (κ1) is 22.1. The lowest BCUT2D eigenvalue weighted by Crippen LogP contribution is -2.54. The zero-order chi connectivity index (χ0) is 21.1. The van der Waals surface area contributed by atoms with Crippen molar-refractivity contribution in [2.45, 2.75) is 103 Å². The zero-order valence-electron chi connectivity index (χ0n) is 17.8. The molecule has 0 radical (unpaired) electrons. The third kappa shape index (κ3) is 4.76. The molecular formula is C22H36N2O5. The highest BCUT2D eigenvalue weighted by atomic mass is 16.5. The molecule has 1 saturated heterocycles. The van der Waals surface area contributed by atoms with E-state index < -0.39 is 23.0 Å². The Morgan fingerprint density at radius 3 is 2.45 bits per heavy atom. The fourth-order valence-electron chi connectivity index (χ4n) is 5.02. The second-order valence-corrected chi connectivity index (χ2v) is 9.60. The van der Waals surface area contributed by atoms with E-state index in [1.807, 2.05) is 6.92 Å². The minimum Gasteiger partial charge on any atom is -0.461 e. The molecule has 0 aromatic heterocycles. The Labute approximate surface area is 173 Å². The normalized spacial score (nSPS) is 38.4. The van der Waals surface area contributed by atoms with E-state index in [1.165, 1.54) is 0 Å². The number of hydrogen-bond acceptors (Lipinski definition) is 5. The molecule has 0 bridgehead atoms. The van der Waals surface area contributed by atoms with Crippen molar-refractivity contribution >= 4 is 17.8 Å². The highest BCUT2D eigenvalue weighted by molar-refractivity contribution is 5.85. The number of aliphatic hydroxyl groups is 1. The number of ether oxygens (including phenoxy) is 1. The minimum absolute atomic E-state index is 0.0382. The van der Waals surface area contributed by atoms with Crippen molar-refractivity contribution in [3.63, 3.8) is 0 Å². The van der Waals surface area contributed by atoms with Crippen LogP contribution in [0.1, 0.15) is 84.5 Å². The predicted octanol–water partition coefficient (Wildman–Crippen LogP) is 2.20. The van der Waals surface area contributed by atoms with Gasteiger partial charge in [-0.15, -0.1) is 0 Å². The third-order valence-electron chi connectivity index (χ3n) is 7.34. The Morgan fingerprint density at radius 1 is 1.03 bits per heavy atom. The van der Waals surface area contributed by atoms with Crippen molar-refractivity contribution in [2.24, 2.45) is 10.8 Å². The van der Waals surface area contributed by atoms with Crippen LogP contribution in [0.3, 0.4) is 0 Å². The van der Waals surface area contributed by atoms with E-state index in [2.05, 4.69) is 10.6 Å². The number of hydrogen-bond donors (Lipinski definition) is 3. The van der Waals surface area contributed by atoms with Crippen molar-refractivity contribution in [3.8, 4) is 0 Å². The van der Waals surface area contributed by atoms with Crippen LogP contribution in [-0.4, -0.2) is 47.7 Å². The average Bonchev–Trinajstić information content (AvgIpc) is 2.89. The number of carbonyl (C=O) groups excluding carboxylic acids is 3. The summed E-state index contributed by atoms with van der Waals surface area (Å²) in [6, 6.07) is -0.183. The van der Waals surface area contributed by atoms with Crippen LogP contribution in [0, 0.1) is 10.8 Å². The standard InChI is InChI=1S/C22H36N2O5/c1-21(11-5-3-9-16(21)25)20(28)29-17-10-4-6-12-22(17,2)19(27)24-15-8-7-13-23-18(26)14-15/h15-17,25H,3-14H2,1-2H3,(H,23,26)(H,24,27). The van der Waals surface area contributed by atoms with E-state index in [4.69, 9.17) is 4.74 Å². The second-order valence-electron chi connectivity index (χ2n) is 9.60. The van der Waals surface area contributed by atoms with Crippen LogP contribution in [0.25, 0.3) is 0 Å². The van der Waals surface area contributed by atoms with Crippen molar-refractivity contribution in [1.82, 2.24) is 10.6 Å². The maximum absolute atomic E-state index is 13.2. The quantitative estimate of drug-likeness (QED) is 0.619. The molecule has 0 aromatic rings. The molecule has 5 atom stereocenters. The molecule has 7 heteroatoms. The summed E-state index contributed by atoms with van der Waals surface area (Å²) in [4.78, 5) is 38.1. The first-order valence-corrected chi connectivity index (χ1v) is 11.2. The van der Waals surface area contributed by atoms with E-state index in [1.54, 1.807) is 6.92 Å². The second kappa shape index (κ2) is 9.02. The van der Waals surface area contributed by atoms with Crippen LogP contribution in [0.4, 0.5) is 0 Å². The molecule has 2 saturated carbocycles. The van der Waals surface area contributed by atoms with Crippen molar-refractivity contribution in [3.05, 3.63) is 0 Å². The van der Waals surface area contributed by atoms with Gasteiger partial charge in [0.15, 0.2) is 0 Å². The molecule has 1 aliphatic heterocycles. The molecule has 29 heavy (non-hydrogen) atoms. The maximum atomic E-state index is 13.2. The molecule has 2 amide bonds. The van der Waals surface area contributed by atoms with Gasteiger partial charge in [-0.2, -0.15) is 0 Å². The lowest BCUT2D eigenvalue weighted by Gasteiger charge is -2.43. The van der Waals surface area contributed by atoms with Crippen LogP contribution in [0.5, 0.6) is 0 Å². The molecule has 3 fully saturated rings. The summed E-state index contributed by atoms with van der Waals surface area (Å²) in [7, 11) is 0.